The first kappa shape index (κ1) is 14.2. The zero-order chi connectivity index (χ0) is 13.5. The van der Waals surface area contributed by atoms with E-state index in [0.717, 1.165) is 13.0 Å². The highest BCUT2D eigenvalue weighted by atomic mass is 32.1. The van der Waals surface area contributed by atoms with Crippen molar-refractivity contribution in [3.63, 3.8) is 0 Å². The normalized spacial score (nSPS) is 12.8. The van der Waals surface area contributed by atoms with Crippen LogP contribution in [0, 0.1) is 0 Å². The van der Waals surface area contributed by atoms with Crippen LogP contribution in [0.1, 0.15) is 36.6 Å². The lowest BCUT2D eigenvalue weighted by atomic mass is 9.93. The van der Waals surface area contributed by atoms with Gasteiger partial charge in [0.1, 0.15) is 0 Å². The molecule has 2 nitrogen and oxygen atoms in total. The number of benzene rings is 1. The second kappa shape index (κ2) is 7.41. The summed E-state index contributed by atoms with van der Waals surface area (Å²) in [4.78, 5) is 5.53. The standard InChI is InChI=1S/C16H22N2S/c1-13(2)18-10-15(14-6-4-3-5-7-14)8-9-16-11-17-12-19-16/h3-7,11-13,15,18H,8-10H2,1-2H3. The highest BCUT2D eigenvalue weighted by molar-refractivity contribution is 7.09. The van der Waals surface area contributed by atoms with E-state index in [1.54, 1.807) is 11.3 Å². The lowest BCUT2D eigenvalue weighted by Gasteiger charge is -2.19. The van der Waals surface area contributed by atoms with Gasteiger partial charge in [-0.3, -0.25) is 4.98 Å². The third-order valence-corrected chi connectivity index (χ3v) is 4.11. The zero-order valence-corrected chi connectivity index (χ0v) is 12.5. The van der Waals surface area contributed by atoms with Crippen LogP contribution in [0.4, 0.5) is 0 Å². The van der Waals surface area contributed by atoms with E-state index in [0.29, 0.717) is 12.0 Å². The average molecular weight is 274 g/mol. The van der Waals surface area contributed by atoms with Gasteiger partial charge in [0.15, 0.2) is 0 Å². The molecule has 1 unspecified atom stereocenters. The molecular weight excluding hydrogens is 252 g/mol. The molecule has 102 valence electrons. The first-order valence-electron chi connectivity index (χ1n) is 6.91. The molecule has 1 aromatic carbocycles. The molecule has 0 fully saturated rings. The molecule has 1 N–H and O–H groups in total. The molecule has 0 saturated heterocycles. The van der Waals surface area contributed by atoms with Gasteiger partial charge in [0.2, 0.25) is 0 Å². The minimum atomic E-state index is 0.537. The summed E-state index contributed by atoms with van der Waals surface area (Å²) in [6.45, 7) is 5.44. The van der Waals surface area contributed by atoms with E-state index in [2.05, 4.69) is 54.5 Å². The summed E-state index contributed by atoms with van der Waals surface area (Å²) in [5.41, 5.74) is 3.35. The van der Waals surface area contributed by atoms with Crippen LogP contribution in [0.2, 0.25) is 0 Å². The number of nitrogens with zero attached hydrogens (tertiary/aromatic N) is 1. The molecule has 0 bridgehead atoms. The summed E-state index contributed by atoms with van der Waals surface area (Å²) >= 11 is 1.75. The number of hydrogen-bond acceptors (Lipinski definition) is 3. The molecule has 0 aliphatic rings. The van der Waals surface area contributed by atoms with E-state index in [9.17, 15) is 0 Å². The fraction of sp³-hybridized carbons (Fsp3) is 0.438. The van der Waals surface area contributed by atoms with Crippen LogP contribution in [-0.2, 0) is 6.42 Å². The molecule has 2 rings (SSSR count). The molecule has 1 atom stereocenters. The summed E-state index contributed by atoms with van der Waals surface area (Å²) in [5, 5.41) is 3.56. The van der Waals surface area contributed by atoms with Gasteiger partial charge in [0.25, 0.3) is 0 Å². The largest absolute Gasteiger partial charge is 0.314 e. The van der Waals surface area contributed by atoms with Crippen LogP contribution >= 0.6 is 11.3 Å². The smallest absolute Gasteiger partial charge is 0.0794 e. The van der Waals surface area contributed by atoms with Crippen molar-refractivity contribution in [2.45, 2.75) is 38.6 Å². The molecule has 0 aliphatic carbocycles. The Morgan fingerprint density at radius 2 is 2.00 bits per heavy atom. The van der Waals surface area contributed by atoms with Crippen LogP contribution in [-0.4, -0.2) is 17.6 Å². The molecule has 3 heteroatoms. The average Bonchev–Trinajstić information content (AvgIpc) is 2.93. The SMILES string of the molecule is CC(C)NCC(CCc1cncs1)c1ccccc1. The van der Waals surface area contributed by atoms with E-state index < -0.39 is 0 Å². The zero-order valence-electron chi connectivity index (χ0n) is 11.7. The summed E-state index contributed by atoms with van der Waals surface area (Å²) in [5.74, 6) is 0.575. The molecule has 1 aromatic heterocycles. The molecule has 0 aliphatic heterocycles. The van der Waals surface area contributed by atoms with E-state index in [1.165, 1.54) is 16.9 Å². The molecular formula is C16H22N2S. The first-order chi connectivity index (χ1) is 9.25. The van der Waals surface area contributed by atoms with E-state index in [1.807, 2.05) is 11.7 Å². The Morgan fingerprint density at radius 3 is 2.63 bits per heavy atom. The predicted octanol–water partition coefficient (Wildman–Crippen LogP) is 3.86. The maximum absolute atomic E-state index is 4.15. The topological polar surface area (TPSA) is 24.9 Å². The second-order valence-corrected chi connectivity index (χ2v) is 6.15. The number of hydrogen-bond donors (Lipinski definition) is 1. The first-order valence-corrected chi connectivity index (χ1v) is 7.79. The van der Waals surface area contributed by atoms with Crippen molar-refractivity contribution in [3.05, 3.63) is 52.5 Å². The van der Waals surface area contributed by atoms with E-state index >= 15 is 0 Å². The van der Waals surface area contributed by atoms with Gasteiger partial charge in [0.05, 0.1) is 5.51 Å². The third kappa shape index (κ3) is 4.77. The van der Waals surface area contributed by atoms with Crippen molar-refractivity contribution in [3.8, 4) is 0 Å². The van der Waals surface area contributed by atoms with Gasteiger partial charge in [-0.05, 0) is 24.3 Å². The molecule has 1 heterocycles. The molecule has 0 spiro atoms. The fourth-order valence-corrected chi connectivity index (χ4v) is 2.79. The van der Waals surface area contributed by atoms with Gasteiger partial charge in [0, 0.05) is 23.7 Å². The molecule has 0 amide bonds. The van der Waals surface area contributed by atoms with Crippen molar-refractivity contribution < 1.29 is 0 Å². The minimum absolute atomic E-state index is 0.537. The number of aryl methyl sites for hydroxylation is 1. The van der Waals surface area contributed by atoms with Crippen LogP contribution < -0.4 is 5.32 Å². The Labute approximate surface area is 119 Å². The van der Waals surface area contributed by atoms with Crippen molar-refractivity contribution >= 4 is 11.3 Å². The number of rotatable bonds is 7. The number of aromatic nitrogens is 1. The number of nitrogens with one attached hydrogen (secondary N) is 1. The van der Waals surface area contributed by atoms with Gasteiger partial charge in [-0.25, -0.2) is 0 Å². The lowest BCUT2D eigenvalue weighted by Crippen LogP contribution is -2.28. The second-order valence-electron chi connectivity index (χ2n) is 5.18. The summed E-state index contributed by atoms with van der Waals surface area (Å²) in [7, 11) is 0. The number of thiazole rings is 1. The van der Waals surface area contributed by atoms with Crippen LogP contribution in [0.25, 0.3) is 0 Å². The van der Waals surface area contributed by atoms with Crippen molar-refractivity contribution in [1.29, 1.82) is 0 Å². The van der Waals surface area contributed by atoms with Crippen LogP contribution in [0.15, 0.2) is 42.0 Å². The van der Waals surface area contributed by atoms with Gasteiger partial charge in [-0.1, -0.05) is 44.2 Å². The molecule has 19 heavy (non-hydrogen) atoms. The van der Waals surface area contributed by atoms with Crippen LogP contribution in [0.5, 0.6) is 0 Å². The minimum Gasteiger partial charge on any atom is -0.314 e. The summed E-state index contributed by atoms with van der Waals surface area (Å²) in [6.07, 6.45) is 4.28. The van der Waals surface area contributed by atoms with Gasteiger partial charge in [-0.2, -0.15) is 0 Å². The molecule has 0 radical (unpaired) electrons. The van der Waals surface area contributed by atoms with Gasteiger partial charge in [-0.15, -0.1) is 11.3 Å². The Kier molecular flexibility index (Phi) is 5.55. The predicted molar refractivity (Wildman–Crippen MR) is 82.8 cm³/mol. The van der Waals surface area contributed by atoms with E-state index in [-0.39, 0.29) is 0 Å². The van der Waals surface area contributed by atoms with Crippen LogP contribution in [0.3, 0.4) is 0 Å². The van der Waals surface area contributed by atoms with Gasteiger partial charge >= 0.3 is 0 Å². The Bertz CT molecular complexity index is 451. The summed E-state index contributed by atoms with van der Waals surface area (Å²) in [6, 6.07) is 11.3. The Balaban J connectivity index is 1.97. The molecule has 2 aromatic rings. The maximum atomic E-state index is 4.15. The Morgan fingerprint density at radius 1 is 1.21 bits per heavy atom. The molecule has 0 saturated carbocycles. The quantitative estimate of drug-likeness (QED) is 0.829. The fourth-order valence-electron chi connectivity index (χ4n) is 2.17. The maximum Gasteiger partial charge on any atom is 0.0794 e. The van der Waals surface area contributed by atoms with Gasteiger partial charge < -0.3 is 5.32 Å². The monoisotopic (exact) mass is 274 g/mol. The highest BCUT2D eigenvalue weighted by Crippen LogP contribution is 2.22. The Hall–Kier alpha value is -1.19. The van der Waals surface area contributed by atoms with Crippen molar-refractivity contribution in [1.82, 2.24) is 10.3 Å². The highest BCUT2D eigenvalue weighted by Gasteiger charge is 2.12. The summed E-state index contributed by atoms with van der Waals surface area (Å²) < 4.78 is 0. The van der Waals surface area contributed by atoms with E-state index in [4.69, 9.17) is 0 Å². The lowest BCUT2D eigenvalue weighted by molar-refractivity contribution is 0.509. The third-order valence-electron chi connectivity index (χ3n) is 3.27. The van der Waals surface area contributed by atoms with Crippen molar-refractivity contribution in [2.75, 3.05) is 6.54 Å². The van der Waals surface area contributed by atoms with Crippen molar-refractivity contribution in [2.24, 2.45) is 0 Å².